The van der Waals surface area contributed by atoms with Gasteiger partial charge >= 0.3 is 0 Å². The fraction of sp³-hybridized carbons (Fsp3) is 0.304. The first-order valence-corrected chi connectivity index (χ1v) is 10.3. The molecule has 0 aliphatic carbocycles. The van der Waals surface area contributed by atoms with Crippen LogP contribution in [0, 0.1) is 0 Å². The Labute approximate surface area is 180 Å². The van der Waals surface area contributed by atoms with Crippen LogP contribution in [0.2, 0.25) is 5.02 Å². The number of para-hydroxylation sites is 1. The maximum Gasteiger partial charge on any atom is 0.295 e. The molecule has 0 spiro atoms. The van der Waals surface area contributed by atoms with Crippen LogP contribution in [0.3, 0.4) is 0 Å². The maximum atomic E-state index is 13.3. The van der Waals surface area contributed by atoms with Gasteiger partial charge in [0.15, 0.2) is 0 Å². The van der Waals surface area contributed by atoms with E-state index in [1.165, 1.54) is 0 Å². The van der Waals surface area contributed by atoms with Crippen molar-refractivity contribution in [2.45, 2.75) is 6.61 Å². The first-order chi connectivity index (χ1) is 14.5. The highest BCUT2D eigenvalue weighted by Crippen LogP contribution is 2.28. The summed E-state index contributed by atoms with van der Waals surface area (Å²) < 4.78 is 7.85. The Kier molecular flexibility index (Phi) is 5.79. The summed E-state index contributed by atoms with van der Waals surface area (Å²) in [6.45, 7) is 2.82. The molecule has 0 bridgehead atoms. The van der Waals surface area contributed by atoms with Gasteiger partial charge in [0, 0.05) is 49.2 Å². The van der Waals surface area contributed by atoms with Crippen LogP contribution in [0.25, 0.3) is 10.9 Å². The van der Waals surface area contributed by atoms with E-state index in [-0.39, 0.29) is 6.61 Å². The van der Waals surface area contributed by atoms with Crippen molar-refractivity contribution in [1.29, 1.82) is 0 Å². The summed E-state index contributed by atoms with van der Waals surface area (Å²) in [5.74, 6) is -0.285. The van der Waals surface area contributed by atoms with Gasteiger partial charge in [-0.25, -0.2) is 0 Å². The number of nitrogens with zero attached hydrogens (tertiary/aromatic N) is 3. The summed E-state index contributed by atoms with van der Waals surface area (Å²) in [6, 6.07) is 14.7. The van der Waals surface area contributed by atoms with Crippen molar-refractivity contribution in [3.63, 3.8) is 0 Å². The summed E-state index contributed by atoms with van der Waals surface area (Å²) in [4.78, 5) is 30.2. The average Bonchev–Trinajstić information content (AvgIpc) is 3.05. The van der Waals surface area contributed by atoms with E-state index in [0.717, 1.165) is 24.0 Å². The van der Waals surface area contributed by atoms with E-state index < -0.39 is 11.7 Å². The number of rotatable bonds is 5. The molecule has 0 N–H and O–H groups in total. The monoisotopic (exact) mass is 425 g/mol. The third kappa shape index (κ3) is 3.93. The minimum absolute atomic E-state index is 0.171. The Balaban J connectivity index is 1.67. The molecule has 0 radical (unpaired) electrons. The van der Waals surface area contributed by atoms with Crippen molar-refractivity contribution in [2.24, 2.45) is 7.05 Å². The second-order valence-electron chi connectivity index (χ2n) is 7.57. The molecule has 1 aliphatic heterocycles. The lowest BCUT2D eigenvalue weighted by Gasteiger charge is -2.31. The number of aryl methyl sites for hydroxylation is 1. The highest BCUT2D eigenvalue weighted by Gasteiger charge is 2.31. The molecule has 1 saturated heterocycles. The van der Waals surface area contributed by atoms with Crippen LogP contribution in [0.4, 0.5) is 0 Å². The molecular formula is C23H24ClN3O3. The lowest BCUT2D eigenvalue weighted by Crippen LogP contribution is -2.49. The molecule has 1 fully saturated rings. The average molecular weight is 426 g/mol. The first kappa shape index (κ1) is 20.4. The Morgan fingerprint density at radius 2 is 1.63 bits per heavy atom. The van der Waals surface area contributed by atoms with Crippen molar-refractivity contribution < 1.29 is 14.3 Å². The van der Waals surface area contributed by atoms with Crippen LogP contribution >= 0.6 is 11.6 Å². The smallest absolute Gasteiger partial charge is 0.295 e. The Morgan fingerprint density at radius 1 is 0.967 bits per heavy atom. The van der Waals surface area contributed by atoms with Crippen molar-refractivity contribution >= 4 is 34.2 Å². The molecule has 0 unspecified atom stereocenters. The zero-order valence-electron chi connectivity index (χ0n) is 17.1. The minimum atomic E-state index is -0.481. The van der Waals surface area contributed by atoms with Gasteiger partial charge in [-0.2, -0.15) is 0 Å². The van der Waals surface area contributed by atoms with E-state index in [9.17, 15) is 9.59 Å². The molecule has 6 nitrogen and oxygen atoms in total. The van der Waals surface area contributed by atoms with E-state index in [0.29, 0.717) is 35.1 Å². The topological polar surface area (TPSA) is 54.8 Å². The normalized spacial score (nSPS) is 14.8. The molecule has 3 aromatic rings. The van der Waals surface area contributed by atoms with Crippen LogP contribution in [0.15, 0.2) is 48.5 Å². The van der Waals surface area contributed by atoms with Crippen molar-refractivity contribution in [1.82, 2.24) is 14.4 Å². The Bertz CT molecular complexity index is 1080. The molecule has 0 atom stereocenters. The highest BCUT2D eigenvalue weighted by atomic mass is 35.5. The van der Waals surface area contributed by atoms with Crippen molar-refractivity contribution in [2.75, 3.05) is 33.2 Å². The van der Waals surface area contributed by atoms with E-state index in [1.807, 2.05) is 42.9 Å². The number of hydrogen-bond acceptors (Lipinski definition) is 4. The Morgan fingerprint density at radius 3 is 2.33 bits per heavy atom. The molecule has 2 aromatic carbocycles. The SMILES string of the molecule is CN1CCN(C(=O)C(=O)c2c(COc3ccc(Cl)cc3)n(C)c3ccccc23)CC1. The van der Waals surface area contributed by atoms with Crippen molar-refractivity contribution in [3.8, 4) is 5.75 Å². The van der Waals surface area contributed by atoms with Gasteiger partial charge in [0.05, 0.1) is 11.3 Å². The quantitative estimate of drug-likeness (QED) is 0.464. The van der Waals surface area contributed by atoms with Gasteiger partial charge in [-0.1, -0.05) is 29.8 Å². The molecule has 7 heteroatoms. The third-order valence-corrected chi connectivity index (χ3v) is 5.88. The number of carbonyl (C=O) groups excluding carboxylic acids is 2. The summed E-state index contributed by atoms with van der Waals surface area (Å²) >= 11 is 5.94. The lowest BCUT2D eigenvalue weighted by atomic mass is 10.0. The van der Waals surface area contributed by atoms with Gasteiger partial charge in [-0.05, 0) is 37.4 Å². The van der Waals surface area contributed by atoms with E-state index >= 15 is 0 Å². The van der Waals surface area contributed by atoms with Gasteiger partial charge < -0.3 is 19.1 Å². The standard InChI is InChI=1S/C23H24ClN3O3/c1-25-11-13-27(14-12-25)23(29)22(28)21-18-5-3-4-6-19(18)26(2)20(21)15-30-17-9-7-16(24)8-10-17/h3-10H,11-15H2,1-2H3. The number of benzene rings is 2. The zero-order chi connectivity index (χ0) is 21.3. The molecule has 30 heavy (non-hydrogen) atoms. The molecule has 0 saturated carbocycles. The second kappa shape index (κ2) is 8.50. The van der Waals surface area contributed by atoms with Gasteiger partial charge in [0.1, 0.15) is 12.4 Å². The van der Waals surface area contributed by atoms with Crippen LogP contribution in [0.5, 0.6) is 5.75 Å². The number of Topliss-reactive ketones (excluding diaryl/α,β-unsaturated/α-hetero) is 1. The minimum Gasteiger partial charge on any atom is -0.487 e. The largest absolute Gasteiger partial charge is 0.487 e. The summed E-state index contributed by atoms with van der Waals surface area (Å²) in [5, 5.41) is 1.39. The number of likely N-dealkylation sites (N-methyl/N-ethyl adjacent to an activating group) is 1. The van der Waals surface area contributed by atoms with Gasteiger partial charge in [0.25, 0.3) is 11.7 Å². The summed E-state index contributed by atoms with van der Waals surface area (Å²) in [6.07, 6.45) is 0. The summed E-state index contributed by atoms with van der Waals surface area (Å²) in [7, 11) is 3.90. The first-order valence-electron chi connectivity index (χ1n) is 9.92. The molecule has 1 amide bonds. The molecule has 2 heterocycles. The number of carbonyl (C=O) groups is 2. The second-order valence-corrected chi connectivity index (χ2v) is 8.00. The molecule has 1 aromatic heterocycles. The number of amides is 1. The lowest BCUT2D eigenvalue weighted by molar-refractivity contribution is -0.127. The molecular weight excluding hydrogens is 402 g/mol. The number of ketones is 1. The predicted molar refractivity (Wildman–Crippen MR) is 117 cm³/mol. The summed E-state index contributed by atoms with van der Waals surface area (Å²) in [5.41, 5.74) is 1.99. The third-order valence-electron chi connectivity index (χ3n) is 5.63. The molecule has 1 aliphatic rings. The van der Waals surface area contributed by atoms with E-state index in [2.05, 4.69) is 4.90 Å². The Hall–Kier alpha value is -2.83. The van der Waals surface area contributed by atoms with Gasteiger partial charge in [-0.3, -0.25) is 9.59 Å². The maximum absolute atomic E-state index is 13.3. The van der Waals surface area contributed by atoms with Crippen LogP contribution in [-0.4, -0.2) is 59.3 Å². The van der Waals surface area contributed by atoms with Crippen molar-refractivity contribution in [3.05, 3.63) is 64.8 Å². The van der Waals surface area contributed by atoms with Crippen LogP contribution in [0.1, 0.15) is 16.1 Å². The number of aromatic nitrogens is 1. The zero-order valence-corrected chi connectivity index (χ0v) is 17.9. The highest BCUT2D eigenvalue weighted by molar-refractivity contribution is 6.45. The molecule has 4 rings (SSSR count). The van der Waals surface area contributed by atoms with E-state index in [4.69, 9.17) is 16.3 Å². The number of halogens is 1. The number of hydrogen-bond donors (Lipinski definition) is 0. The van der Waals surface area contributed by atoms with E-state index in [1.54, 1.807) is 29.2 Å². The fourth-order valence-corrected chi connectivity index (χ4v) is 3.94. The fourth-order valence-electron chi connectivity index (χ4n) is 3.81. The number of piperazine rings is 1. The number of ether oxygens (including phenoxy) is 1. The predicted octanol–water partition coefficient (Wildman–Crippen LogP) is 3.37. The molecule has 156 valence electrons. The van der Waals surface area contributed by atoms with Gasteiger partial charge in [0.2, 0.25) is 0 Å². The number of fused-ring (bicyclic) bond motifs is 1. The van der Waals surface area contributed by atoms with Crippen LogP contribution < -0.4 is 4.74 Å². The van der Waals surface area contributed by atoms with Crippen LogP contribution in [-0.2, 0) is 18.4 Å². The van der Waals surface area contributed by atoms with Gasteiger partial charge in [-0.15, -0.1) is 0 Å².